The number of ketones is 1. The van der Waals surface area contributed by atoms with Crippen molar-refractivity contribution in [2.75, 3.05) is 12.1 Å². The molecule has 1 atom stereocenters. The van der Waals surface area contributed by atoms with Crippen molar-refractivity contribution >= 4 is 17.4 Å². The molecule has 0 saturated carbocycles. The first kappa shape index (κ1) is 15.4. The number of hydrogen-bond acceptors (Lipinski definition) is 5. The zero-order valence-corrected chi connectivity index (χ0v) is 13.5. The SMILES string of the molecule is C[C@@H]1CC(=O)c2cc(C(=O)Nc3ccc4c(c3)OCO4)c(=O)[nH]c2C1. The number of ether oxygens (including phenoxy) is 2. The number of H-pyrrole nitrogens is 1. The number of nitrogens with one attached hydrogen (secondary N) is 2. The molecule has 2 N–H and O–H groups in total. The topological polar surface area (TPSA) is 97.5 Å². The van der Waals surface area contributed by atoms with Crippen molar-refractivity contribution < 1.29 is 19.1 Å². The maximum Gasteiger partial charge on any atom is 0.261 e. The lowest BCUT2D eigenvalue weighted by atomic mass is 9.86. The van der Waals surface area contributed by atoms with Crippen molar-refractivity contribution in [2.45, 2.75) is 19.8 Å². The van der Waals surface area contributed by atoms with Crippen molar-refractivity contribution in [3.8, 4) is 11.5 Å². The molecule has 1 aromatic heterocycles. The molecule has 2 aromatic rings. The van der Waals surface area contributed by atoms with E-state index in [0.717, 1.165) is 0 Å². The Labute approximate surface area is 143 Å². The molecule has 7 nitrogen and oxygen atoms in total. The summed E-state index contributed by atoms with van der Waals surface area (Å²) in [7, 11) is 0. The number of pyridine rings is 1. The minimum absolute atomic E-state index is 0.0536. The summed E-state index contributed by atoms with van der Waals surface area (Å²) in [5, 5.41) is 2.65. The molecule has 7 heteroatoms. The van der Waals surface area contributed by atoms with Crippen LogP contribution in [-0.4, -0.2) is 23.5 Å². The molecule has 0 radical (unpaired) electrons. The number of carbonyl (C=O) groups is 2. The number of carbonyl (C=O) groups excluding carboxylic acids is 2. The average Bonchev–Trinajstić information content (AvgIpc) is 3.01. The van der Waals surface area contributed by atoms with Gasteiger partial charge in [0.25, 0.3) is 11.5 Å². The highest BCUT2D eigenvalue weighted by atomic mass is 16.7. The highest BCUT2D eigenvalue weighted by molar-refractivity contribution is 6.06. The van der Waals surface area contributed by atoms with Crippen molar-refractivity contribution in [3.05, 3.63) is 51.4 Å². The number of fused-ring (bicyclic) bond motifs is 2. The van der Waals surface area contributed by atoms with Crippen LogP contribution in [0.3, 0.4) is 0 Å². The number of aromatic amines is 1. The fraction of sp³-hybridized carbons (Fsp3) is 0.278. The van der Waals surface area contributed by atoms with Crippen LogP contribution < -0.4 is 20.3 Å². The van der Waals surface area contributed by atoms with Gasteiger partial charge in [0.2, 0.25) is 6.79 Å². The van der Waals surface area contributed by atoms with Gasteiger partial charge < -0.3 is 19.8 Å². The largest absolute Gasteiger partial charge is 0.454 e. The third kappa shape index (κ3) is 2.77. The first-order valence-electron chi connectivity index (χ1n) is 8.01. The minimum Gasteiger partial charge on any atom is -0.454 e. The van der Waals surface area contributed by atoms with E-state index in [0.29, 0.717) is 41.3 Å². The molecule has 0 saturated heterocycles. The fourth-order valence-electron chi connectivity index (χ4n) is 3.17. The van der Waals surface area contributed by atoms with Gasteiger partial charge in [-0.2, -0.15) is 0 Å². The van der Waals surface area contributed by atoms with Gasteiger partial charge in [0, 0.05) is 29.4 Å². The fourth-order valence-corrected chi connectivity index (χ4v) is 3.17. The summed E-state index contributed by atoms with van der Waals surface area (Å²) in [5.41, 5.74) is 0.923. The molecule has 1 aliphatic heterocycles. The maximum absolute atomic E-state index is 12.5. The first-order valence-corrected chi connectivity index (χ1v) is 8.01. The summed E-state index contributed by atoms with van der Waals surface area (Å²) in [6.45, 7) is 2.09. The number of anilines is 1. The Hall–Kier alpha value is -3.09. The van der Waals surface area contributed by atoms with Crippen LogP contribution in [0.4, 0.5) is 5.69 Å². The summed E-state index contributed by atoms with van der Waals surface area (Å²) in [6, 6.07) is 6.36. The molecule has 25 heavy (non-hydrogen) atoms. The summed E-state index contributed by atoms with van der Waals surface area (Å²) < 4.78 is 10.5. The van der Waals surface area contributed by atoms with Crippen LogP contribution in [0.15, 0.2) is 29.1 Å². The maximum atomic E-state index is 12.5. The van der Waals surface area contributed by atoms with Crippen molar-refractivity contribution in [1.29, 1.82) is 0 Å². The smallest absolute Gasteiger partial charge is 0.261 e. The zero-order valence-electron chi connectivity index (χ0n) is 13.5. The zero-order chi connectivity index (χ0) is 17.6. The van der Waals surface area contributed by atoms with Crippen LogP contribution in [-0.2, 0) is 6.42 Å². The second-order valence-corrected chi connectivity index (χ2v) is 6.36. The molecule has 2 heterocycles. The van der Waals surface area contributed by atoms with Gasteiger partial charge in [-0.15, -0.1) is 0 Å². The van der Waals surface area contributed by atoms with E-state index in [9.17, 15) is 14.4 Å². The van der Waals surface area contributed by atoms with E-state index in [1.807, 2.05) is 6.92 Å². The molecule has 0 bridgehead atoms. The second kappa shape index (κ2) is 5.77. The Morgan fingerprint density at radius 2 is 1.96 bits per heavy atom. The Kier molecular flexibility index (Phi) is 3.56. The van der Waals surface area contributed by atoms with E-state index < -0.39 is 11.5 Å². The van der Waals surface area contributed by atoms with E-state index in [-0.39, 0.29) is 24.1 Å². The third-order valence-electron chi connectivity index (χ3n) is 4.38. The lowest BCUT2D eigenvalue weighted by Crippen LogP contribution is -2.29. The Morgan fingerprint density at radius 3 is 2.80 bits per heavy atom. The van der Waals surface area contributed by atoms with Gasteiger partial charge in [0.1, 0.15) is 5.56 Å². The predicted molar refractivity (Wildman–Crippen MR) is 89.4 cm³/mol. The van der Waals surface area contributed by atoms with E-state index in [4.69, 9.17) is 9.47 Å². The van der Waals surface area contributed by atoms with E-state index in [1.165, 1.54) is 6.07 Å². The van der Waals surface area contributed by atoms with Crippen molar-refractivity contribution in [1.82, 2.24) is 4.98 Å². The van der Waals surface area contributed by atoms with E-state index in [2.05, 4.69) is 10.3 Å². The minimum atomic E-state index is -0.575. The number of Topliss-reactive ketones (excluding diaryl/α,β-unsaturated/α-hetero) is 1. The molecule has 1 amide bonds. The molecule has 4 rings (SSSR count). The Morgan fingerprint density at radius 1 is 1.16 bits per heavy atom. The lowest BCUT2D eigenvalue weighted by Gasteiger charge is -2.20. The summed E-state index contributed by atoms with van der Waals surface area (Å²) >= 11 is 0. The molecule has 1 aromatic carbocycles. The molecular weight excluding hydrogens is 324 g/mol. The van der Waals surface area contributed by atoms with Crippen LogP contribution in [0.25, 0.3) is 0 Å². The standard InChI is InChI=1S/C18H16N2O5/c1-9-4-13-11(14(21)5-9)7-12(18(23)20-13)17(22)19-10-2-3-15-16(6-10)25-8-24-15/h2-3,6-7,9H,4-5,8H2,1H3,(H,19,22)(H,20,23)/t9-/m0/s1. The van der Waals surface area contributed by atoms with Crippen LogP contribution in [0, 0.1) is 5.92 Å². The summed E-state index contributed by atoms with van der Waals surface area (Å²) in [4.78, 5) is 39.6. The number of amides is 1. The lowest BCUT2D eigenvalue weighted by molar-refractivity contribution is 0.0952. The highest BCUT2D eigenvalue weighted by Crippen LogP contribution is 2.34. The molecule has 0 unspecified atom stereocenters. The van der Waals surface area contributed by atoms with Gasteiger partial charge in [0.05, 0.1) is 0 Å². The second-order valence-electron chi connectivity index (χ2n) is 6.36. The monoisotopic (exact) mass is 340 g/mol. The van der Waals surface area contributed by atoms with Gasteiger partial charge in [-0.05, 0) is 30.5 Å². The molecule has 0 spiro atoms. The molecule has 0 fully saturated rings. The molecule has 128 valence electrons. The molecule has 2 aliphatic rings. The van der Waals surface area contributed by atoms with Gasteiger partial charge >= 0.3 is 0 Å². The van der Waals surface area contributed by atoms with Crippen LogP contribution >= 0.6 is 0 Å². The van der Waals surface area contributed by atoms with Crippen molar-refractivity contribution in [3.63, 3.8) is 0 Å². The van der Waals surface area contributed by atoms with E-state index >= 15 is 0 Å². The van der Waals surface area contributed by atoms with Gasteiger partial charge in [0.15, 0.2) is 17.3 Å². The van der Waals surface area contributed by atoms with Crippen LogP contribution in [0.1, 0.15) is 39.8 Å². The Balaban J connectivity index is 1.63. The highest BCUT2D eigenvalue weighted by Gasteiger charge is 2.26. The van der Waals surface area contributed by atoms with Gasteiger partial charge in [-0.3, -0.25) is 14.4 Å². The Bertz CT molecular complexity index is 947. The summed E-state index contributed by atoms with van der Waals surface area (Å²) in [6.07, 6.45) is 1.04. The first-order chi connectivity index (χ1) is 12.0. The number of benzene rings is 1. The van der Waals surface area contributed by atoms with Crippen molar-refractivity contribution in [2.24, 2.45) is 5.92 Å². The molecule has 1 aliphatic carbocycles. The quantitative estimate of drug-likeness (QED) is 0.873. The number of hydrogen-bond donors (Lipinski definition) is 2. The van der Waals surface area contributed by atoms with E-state index in [1.54, 1.807) is 18.2 Å². The number of rotatable bonds is 2. The molecular formula is C18H16N2O5. The van der Waals surface area contributed by atoms with Crippen LogP contribution in [0.2, 0.25) is 0 Å². The average molecular weight is 340 g/mol. The third-order valence-corrected chi connectivity index (χ3v) is 4.38. The summed E-state index contributed by atoms with van der Waals surface area (Å²) in [5.74, 6) is 0.686. The number of aromatic nitrogens is 1. The van der Waals surface area contributed by atoms with Crippen LogP contribution in [0.5, 0.6) is 11.5 Å². The normalized spacial score (nSPS) is 18.0. The van der Waals surface area contributed by atoms with Gasteiger partial charge in [-0.25, -0.2) is 0 Å². The van der Waals surface area contributed by atoms with Gasteiger partial charge in [-0.1, -0.05) is 6.92 Å². The predicted octanol–water partition coefficient (Wildman–Crippen LogP) is 2.12.